The highest BCUT2D eigenvalue weighted by Crippen LogP contribution is 2.27. The fourth-order valence-corrected chi connectivity index (χ4v) is 3.65. The number of piperazine rings is 1. The Morgan fingerprint density at radius 2 is 1.96 bits per heavy atom. The van der Waals surface area contributed by atoms with E-state index in [1.807, 2.05) is 12.1 Å². The second-order valence-electron chi connectivity index (χ2n) is 7.37. The van der Waals surface area contributed by atoms with Gasteiger partial charge >= 0.3 is 0 Å². The Morgan fingerprint density at radius 1 is 1.15 bits per heavy atom. The Morgan fingerprint density at radius 3 is 2.81 bits per heavy atom. The van der Waals surface area contributed by atoms with E-state index in [4.69, 9.17) is 0 Å². The predicted octanol–water partition coefficient (Wildman–Crippen LogP) is 2.06. The van der Waals surface area contributed by atoms with Crippen molar-refractivity contribution in [3.05, 3.63) is 48.0 Å². The summed E-state index contributed by atoms with van der Waals surface area (Å²) in [6.45, 7) is 2.81. The number of hydrogen-bond donors (Lipinski definition) is 2. The topological polar surface area (TPSA) is 61.4 Å². The summed E-state index contributed by atoms with van der Waals surface area (Å²) in [5.74, 6) is 0.575. The van der Waals surface area contributed by atoms with E-state index >= 15 is 0 Å². The molecular weight excluding hydrogens is 326 g/mol. The van der Waals surface area contributed by atoms with Crippen molar-refractivity contribution in [3.8, 4) is 0 Å². The van der Waals surface area contributed by atoms with Crippen LogP contribution in [0.1, 0.15) is 24.8 Å². The third-order valence-electron chi connectivity index (χ3n) is 5.36. The van der Waals surface area contributed by atoms with Gasteiger partial charge in [-0.1, -0.05) is 42.5 Å². The van der Waals surface area contributed by atoms with E-state index in [9.17, 15) is 9.59 Å². The molecule has 2 fully saturated rings. The van der Waals surface area contributed by atoms with Crippen LogP contribution in [0.5, 0.6) is 0 Å². The number of rotatable bonds is 6. The molecule has 5 heteroatoms. The van der Waals surface area contributed by atoms with Crippen LogP contribution in [-0.2, 0) is 16.1 Å². The monoisotopic (exact) mass is 351 g/mol. The Kier molecular flexibility index (Phi) is 4.89. The lowest BCUT2D eigenvalue weighted by atomic mass is 10.0. The van der Waals surface area contributed by atoms with Crippen molar-refractivity contribution >= 4 is 22.6 Å². The molecule has 2 aromatic carbocycles. The lowest BCUT2D eigenvalue weighted by molar-refractivity contribution is -0.134. The number of carbonyl (C=O) groups excluding carboxylic acids is 2. The normalized spacial score (nSPS) is 20.8. The van der Waals surface area contributed by atoms with E-state index in [0.717, 1.165) is 13.1 Å². The van der Waals surface area contributed by atoms with Gasteiger partial charge in [-0.25, -0.2) is 0 Å². The van der Waals surface area contributed by atoms with Crippen molar-refractivity contribution in [2.24, 2.45) is 5.92 Å². The van der Waals surface area contributed by atoms with Gasteiger partial charge in [-0.3, -0.25) is 14.5 Å². The van der Waals surface area contributed by atoms with Gasteiger partial charge in [-0.2, -0.15) is 0 Å². The van der Waals surface area contributed by atoms with Crippen LogP contribution in [0.3, 0.4) is 0 Å². The zero-order chi connectivity index (χ0) is 17.9. The molecule has 136 valence electrons. The molecule has 0 spiro atoms. The average molecular weight is 351 g/mol. The van der Waals surface area contributed by atoms with Crippen LogP contribution >= 0.6 is 0 Å². The molecule has 1 aliphatic heterocycles. The van der Waals surface area contributed by atoms with E-state index in [1.54, 1.807) is 0 Å². The molecule has 2 aliphatic rings. The van der Waals surface area contributed by atoms with Crippen LogP contribution in [0.15, 0.2) is 42.5 Å². The third kappa shape index (κ3) is 3.88. The number of hydrogen-bond acceptors (Lipinski definition) is 3. The van der Waals surface area contributed by atoms with Crippen molar-refractivity contribution in [2.75, 3.05) is 19.6 Å². The van der Waals surface area contributed by atoms with Crippen molar-refractivity contribution in [1.82, 2.24) is 15.5 Å². The highest BCUT2D eigenvalue weighted by Gasteiger charge is 2.32. The summed E-state index contributed by atoms with van der Waals surface area (Å²) in [7, 11) is 0. The zero-order valence-corrected chi connectivity index (χ0v) is 14.9. The molecule has 26 heavy (non-hydrogen) atoms. The molecule has 2 N–H and O–H groups in total. The Hall–Kier alpha value is -2.40. The average Bonchev–Trinajstić information content (AvgIpc) is 3.48. The first-order valence-corrected chi connectivity index (χ1v) is 9.46. The minimum Gasteiger partial charge on any atom is -0.356 e. The molecule has 4 rings (SSSR count). The van der Waals surface area contributed by atoms with Crippen LogP contribution < -0.4 is 10.6 Å². The van der Waals surface area contributed by atoms with Crippen molar-refractivity contribution in [2.45, 2.75) is 31.8 Å². The quantitative estimate of drug-likeness (QED) is 0.837. The van der Waals surface area contributed by atoms with Crippen LogP contribution in [-0.4, -0.2) is 42.4 Å². The fraction of sp³-hybridized carbons (Fsp3) is 0.429. The number of nitrogens with one attached hydrogen (secondary N) is 2. The van der Waals surface area contributed by atoms with Gasteiger partial charge < -0.3 is 10.6 Å². The van der Waals surface area contributed by atoms with Gasteiger partial charge in [0.1, 0.15) is 0 Å². The Labute approximate surface area is 153 Å². The summed E-state index contributed by atoms with van der Waals surface area (Å²) in [5, 5.41) is 8.29. The summed E-state index contributed by atoms with van der Waals surface area (Å²) in [6, 6.07) is 14.2. The van der Waals surface area contributed by atoms with E-state index in [1.165, 1.54) is 29.2 Å². The molecule has 0 aromatic heterocycles. The van der Waals surface area contributed by atoms with Gasteiger partial charge in [-0.15, -0.1) is 0 Å². The molecule has 0 radical (unpaired) electrons. The molecule has 0 unspecified atom stereocenters. The molecule has 1 atom stereocenters. The second-order valence-corrected chi connectivity index (χ2v) is 7.37. The Bertz CT molecular complexity index is 811. The van der Waals surface area contributed by atoms with Gasteiger partial charge in [0.2, 0.25) is 11.8 Å². The van der Waals surface area contributed by atoms with Crippen LogP contribution in [0, 0.1) is 5.92 Å². The largest absolute Gasteiger partial charge is 0.356 e. The molecule has 0 bridgehead atoms. The maximum absolute atomic E-state index is 12.4. The van der Waals surface area contributed by atoms with Crippen LogP contribution in [0.2, 0.25) is 0 Å². The second kappa shape index (κ2) is 7.46. The standard InChI is InChI=1S/C21H25N3O2/c25-20(23-13-15-8-9-15)12-19-21(26)22-10-11-24(19)14-17-6-3-5-16-4-1-2-7-18(16)17/h1-7,15,19H,8-14H2,(H,22,26)(H,23,25)/t19-/m1/s1. The van der Waals surface area contributed by atoms with Gasteiger partial charge in [0.25, 0.3) is 0 Å². The zero-order valence-electron chi connectivity index (χ0n) is 14.9. The van der Waals surface area contributed by atoms with E-state index < -0.39 is 6.04 Å². The lowest BCUT2D eigenvalue weighted by Crippen LogP contribution is -2.56. The Balaban J connectivity index is 1.48. The summed E-state index contributed by atoms with van der Waals surface area (Å²) in [4.78, 5) is 26.8. The number of benzene rings is 2. The van der Waals surface area contributed by atoms with Gasteiger partial charge in [0.05, 0.1) is 12.5 Å². The number of nitrogens with zero attached hydrogens (tertiary/aromatic N) is 1. The number of carbonyl (C=O) groups is 2. The first kappa shape index (κ1) is 17.0. The molecule has 2 aromatic rings. The lowest BCUT2D eigenvalue weighted by Gasteiger charge is -2.35. The van der Waals surface area contributed by atoms with Gasteiger partial charge in [0, 0.05) is 26.2 Å². The predicted molar refractivity (Wildman–Crippen MR) is 102 cm³/mol. The smallest absolute Gasteiger partial charge is 0.237 e. The van der Waals surface area contributed by atoms with Gasteiger partial charge in [-0.05, 0) is 35.1 Å². The minimum absolute atomic E-state index is 0.0260. The molecule has 1 aliphatic carbocycles. The highest BCUT2D eigenvalue weighted by atomic mass is 16.2. The third-order valence-corrected chi connectivity index (χ3v) is 5.36. The van der Waals surface area contributed by atoms with E-state index in [0.29, 0.717) is 19.0 Å². The van der Waals surface area contributed by atoms with Crippen molar-refractivity contribution < 1.29 is 9.59 Å². The maximum Gasteiger partial charge on any atom is 0.237 e. The number of amides is 2. The first-order valence-electron chi connectivity index (χ1n) is 9.46. The summed E-state index contributed by atoms with van der Waals surface area (Å²) in [5.41, 5.74) is 1.20. The van der Waals surface area contributed by atoms with Gasteiger partial charge in [0.15, 0.2) is 0 Å². The fourth-order valence-electron chi connectivity index (χ4n) is 3.65. The van der Waals surface area contributed by atoms with Crippen LogP contribution in [0.4, 0.5) is 0 Å². The number of fused-ring (bicyclic) bond motifs is 1. The molecule has 1 saturated carbocycles. The summed E-state index contributed by atoms with van der Waals surface area (Å²) < 4.78 is 0. The van der Waals surface area contributed by atoms with Crippen LogP contribution in [0.25, 0.3) is 10.8 Å². The SMILES string of the molecule is O=C(C[C@@H]1C(=O)NCCN1Cc1cccc2ccccc12)NCC1CC1. The molecule has 5 nitrogen and oxygen atoms in total. The summed E-state index contributed by atoms with van der Waals surface area (Å²) in [6.07, 6.45) is 2.64. The molecule has 1 saturated heterocycles. The van der Waals surface area contributed by atoms with Crippen molar-refractivity contribution in [3.63, 3.8) is 0 Å². The van der Waals surface area contributed by atoms with Crippen molar-refractivity contribution in [1.29, 1.82) is 0 Å². The molecular formula is C21H25N3O2. The van der Waals surface area contributed by atoms with E-state index in [2.05, 4.69) is 45.9 Å². The molecule has 1 heterocycles. The summed E-state index contributed by atoms with van der Waals surface area (Å²) >= 11 is 0. The minimum atomic E-state index is -0.401. The maximum atomic E-state index is 12.4. The van der Waals surface area contributed by atoms with E-state index in [-0.39, 0.29) is 18.2 Å². The first-order chi connectivity index (χ1) is 12.7. The highest BCUT2D eigenvalue weighted by molar-refractivity contribution is 5.89. The molecule has 2 amide bonds.